The van der Waals surface area contributed by atoms with E-state index in [0.717, 1.165) is 70.6 Å². The van der Waals surface area contributed by atoms with E-state index in [1.807, 2.05) is 9.80 Å². The van der Waals surface area contributed by atoms with Crippen LogP contribution in [0.25, 0.3) is 0 Å². The van der Waals surface area contributed by atoms with Gasteiger partial charge in [-0.05, 0) is 44.4 Å². The second-order valence-electron chi connectivity index (χ2n) is 6.99. The predicted molar refractivity (Wildman–Crippen MR) is 80.8 cm³/mol. The summed E-state index contributed by atoms with van der Waals surface area (Å²) in [5.74, 6) is 1.39. The largest absolute Gasteiger partial charge is 0.342 e. The maximum Gasteiger partial charge on any atom is 0.317 e. The Hall–Kier alpha value is -1.26. The molecule has 21 heavy (non-hydrogen) atoms. The Morgan fingerprint density at radius 2 is 1.43 bits per heavy atom. The number of carbonyl (C=O) groups is 2. The fraction of sp³-hybridized carbons (Fsp3) is 0.875. The molecule has 3 aliphatic rings. The lowest BCUT2D eigenvalue weighted by Gasteiger charge is -2.35. The van der Waals surface area contributed by atoms with Gasteiger partial charge in [-0.25, -0.2) is 4.79 Å². The zero-order chi connectivity index (χ0) is 14.8. The molecule has 3 fully saturated rings. The highest BCUT2D eigenvalue weighted by molar-refractivity contribution is 5.81. The highest BCUT2D eigenvalue weighted by atomic mass is 16.2. The van der Waals surface area contributed by atoms with Crippen molar-refractivity contribution in [1.29, 1.82) is 0 Å². The molecule has 0 unspecified atom stereocenters. The molecule has 2 saturated heterocycles. The van der Waals surface area contributed by atoms with Gasteiger partial charge in [-0.1, -0.05) is 6.92 Å². The van der Waals surface area contributed by atoms with E-state index in [1.165, 1.54) is 0 Å². The number of amides is 3. The second-order valence-corrected chi connectivity index (χ2v) is 6.99. The zero-order valence-electron chi connectivity index (χ0n) is 13.0. The van der Waals surface area contributed by atoms with Gasteiger partial charge in [0, 0.05) is 38.1 Å². The highest BCUT2D eigenvalue weighted by Crippen LogP contribution is 2.31. The van der Waals surface area contributed by atoms with Gasteiger partial charge in [0.05, 0.1) is 0 Å². The van der Waals surface area contributed by atoms with Gasteiger partial charge in [0.2, 0.25) is 5.91 Å². The Morgan fingerprint density at radius 3 is 2.00 bits per heavy atom. The molecule has 5 nitrogen and oxygen atoms in total. The molecule has 0 aromatic rings. The average Bonchev–Trinajstić information content (AvgIpc) is 3.32. The molecule has 2 aliphatic heterocycles. The lowest BCUT2D eigenvalue weighted by atomic mass is 9.99. The Labute approximate surface area is 127 Å². The third-order valence-electron chi connectivity index (χ3n) is 5.13. The van der Waals surface area contributed by atoms with E-state index in [1.54, 1.807) is 0 Å². The molecule has 118 valence electrons. The molecule has 0 spiro atoms. The number of likely N-dealkylation sites (tertiary alicyclic amines) is 2. The van der Waals surface area contributed by atoms with E-state index in [9.17, 15) is 9.59 Å². The molecule has 1 N–H and O–H groups in total. The van der Waals surface area contributed by atoms with Crippen LogP contribution in [0.1, 0.15) is 45.4 Å². The molecule has 1 saturated carbocycles. The Balaban J connectivity index is 1.40. The molecule has 3 rings (SSSR count). The second kappa shape index (κ2) is 6.24. The minimum atomic E-state index is 0.0915. The first kappa shape index (κ1) is 14.7. The quantitative estimate of drug-likeness (QED) is 0.844. The minimum absolute atomic E-state index is 0.0915. The Bertz CT molecular complexity index is 392. The van der Waals surface area contributed by atoms with Crippen molar-refractivity contribution >= 4 is 11.9 Å². The number of hydrogen-bond donors (Lipinski definition) is 1. The van der Waals surface area contributed by atoms with Gasteiger partial charge in [0.25, 0.3) is 0 Å². The molecule has 1 aliphatic carbocycles. The Morgan fingerprint density at radius 1 is 0.857 bits per heavy atom. The molecular weight excluding hydrogens is 266 g/mol. The van der Waals surface area contributed by atoms with E-state index >= 15 is 0 Å². The third kappa shape index (κ3) is 3.69. The van der Waals surface area contributed by atoms with Crippen molar-refractivity contribution in [2.24, 2.45) is 11.8 Å². The average molecular weight is 293 g/mol. The first-order chi connectivity index (χ1) is 10.1. The van der Waals surface area contributed by atoms with E-state index in [0.29, 0.717) is 11.8 Å². The zero-order valence-corrected chi connectivity index (χ0v) is 13.0. The van der Waals surface area contributed by atoms with Crippen molar-refractivity contribution in [1.82, 2.24) is 15.1 Å². The van der Waals surface area contributed by atoms with E-state index in [4.69, 9.17) is 0 Å². The molecule has 5 heteroatoms. The molecular formula is C16H27N3O2. The molecule has 0 bridgehead atoms. The number of piperidine rings is 2. The van der Waals surface area contributed by atoms with Gasteiger partial charge in [-0.3, -0.25) is 4.79 Å². The van der Waals surface area contributed by atoms with E-state index in [-0.39, 0.29) is 12.1 Å². The van der Waals surface area contributed by atoms with Gasteiger partial charge in [-0.15, -0.1) is 0 Å². The van der Waals surface area contributed by atoms with Crippen LogP contribution in [-0.4, -0.2) is 54.0 Å². The number of nitrogens with one attached hydrogen (secondary N) is 1. The van der Waals surface area contributed by atoms with Gasteiger partial charge in [0.1, 0.15) is 0 Å². The van der Waals surface area contributed by atoms with Crippen molar-refractivity contribution in [3.8, 4) is 0 Å². The predicted octanol–water partition coefficient (Wildman–Crippen LogP) is 1.83. The van der Waals surface area contributed by atoms with E-state index in [2.05, 4.69) is 12.2 Å². The van der Waals surface area contributed by atoms with Crippen molar-refractivity contribution < 1.29 is 9.59 Å². The molecule has 0 aromatic carbocycles. The summed E-state index contributed by atoms with van der Waals surface area (Å²) in [6.07, 6.45) is 6.16. The van der Waals surface area contributed by atoms with Gasteiger partial charge in [-0.2, -0.15) is 0 Å². The summed E-state index contributed by atoms with van der Waals surface area (Å²) < 4.78 is 0. The minimum Gasteiger partial charge on any atom is -0.342 e. The van der Waals surface area contributed by atoms with Crippen LogP contribution < -0.4 is 5.32 Å². The van der Waals surface area contributed by atoms with Crippen molar-refractivity contribution in [3.05, 3.63) is 0 Å². The van der Waals surface area contributed by atoms with Crippen LogP contribution >= 0.6 is 0 Å². The van der Waals surface area contributed by atoms with Crippen molar-refractivity contribution in [3.63, 3.8) is 0 Å². The van der Waals surface area contributed by atoms with Crippen LogP contribution in [0.5, 0.6) is 0 Å². The van der Waals surface area contributed by atoms with Gasteiger partial charge >= 0.3 is 6.03 Å². The lowest BCUT2D eigenvalue weighted by molar-refractivity contribution is -0.133. The molecule has 2 heterocycles. The summed E-state index contributed by atoms with van der Waals surface area (Å²) in [7, 11) is 0. The van der Waals surface area contributed by atoms with Gasteiger partial charge < -0.3 is 15.1 Å². The standard InChI is InChI=1S/C16H27N3O2/c1-12-4-8-19(9-5-12)16(21)17-14-6-10-18(11-7-14)15(20)13-2-3-13/h12-14H,2-11H2,1H3,(H,17,21). The monoisotopic (exact) mass is 293 g/mol. The number of hydrogen-bond acceptors (Lipinski definition) is 2. The molecule has 0 atom stereocenters. The van der Waals surface area contributed by atoms with Crippen LogP contribution in [0, 0.1) is 11.8 Å². The SMILES string of the molecule is CC1CCN(C(=O)NC2CCN(C(=O)C3CC3)CC2)CC1. The lowest BCUT2D eigenvalue weighted by Crippen LogP contribution is -2.51. The fourth-order valence-corrected chi connectivity index (χ4v) is 3.31. The highest BCUT2D eigenvalue weighted by Gasteiger charge is 2.35. The topological polar surface area (TPSA) is 52.7 Å². The maximum atomic E-state index is 12.2. The molecule has 3 amide bonds. The van der Waals surface area contributed by atoms with Crippen LogP contribution in [0.2, 0.25) is 0 Å². The number of carbonyl (C=O) groups excluding carboxylic acids is 2. The number of rotatable bonds is 2. The number of nitrogens with zero attached hydrogens (tertiary/aromatic N) is 2. The van der Waals surface area contributed by atoms with Crippen LogP contribution in [0.15, 0.2) is 0 Å². The fourth-order valence-electron chi connectivity index (χ4n) is 3.31. The third-order valence-corrected chi connectivity index (χ3v) is 5.13. The summed E-state index contributed by atoms with van der Waals surface area (Å²) in [4.78, 5) is 28.2. The smallest absolute Gasteiger partial charge is 0.317 e. The first-order valence-corrected chi connectivity index (χ1v) is 8.47. The summed E-state index contributed by atoms with van der Waals surface area (Å²) in [5.41, 5.74) is 0. The number of urea groups is 1. The summed E-state index contributed by atoms with van der Waals surface area (Å²) in [5, 5.41) is 3.16. The van der Waals surface area contributed by atoms with Gasteiger partial charge in [0.15, 0.2) is 0 Å². The normalized spacial score (nSPS) is 25.0. The summed E-state index contributed by atoms with van der Waals surface area (Å²) in [6.45, 7) is 5.62. The van der Waals surface area contributed by atoms with Crippen LogP contribution in [-0.2, 0) is 4.79 Å². The molecule has 0 radical (unpaired) electrons. The van der Waals surface area contributed by atoms with E-state index < -0.39 is 0 Å². The summed E-state index contributed by atoms with van der Waals surface area (Å²) in [6, 6.07) is 0.328. The summed E-state index contributed by atoms with van der Waals surface area (Å²) >= 11 is 0. The van der Waals surface area contributed by atoms with Crippen molar-refractivity contribution in [2.75, 3.05) is 26.2 Å². The van der Waals surface area contributed by atoms with Crippen LogP contribution in [0.4, 0.5) is 4.79 Å². The Kier molecular flexibility index (Phi) is 4.36. The maximum absolute atomic E-state index is 12.2. The first-order valence-electron chi connectivity index (χ1n) is 8.47. The molecule has 0 aromatic heterocycles. The van der Waals surface area contributed by atoms with Crippen LogP contribution in [0.3, 0.4) is 0 Å². The van der Waals surface area contributed by atoms with Crippen molar-refractivity contribution in [2.45, 2.75) is 51.5 Å².